The van der Waals surface area contributed by atoms with Gasteiger partial charge in [0.1, 0.15) is 12.3 Å². The molecule has 0 spiro atoms. The van der Waals surface area contributed by atoms with Crippen LogP contribution in [0.1, 0.15) is 24.3 Å². The number of anilines is 1. The monoisotopic (exact) mass is 443 g/mol. The molecule has 0 atom stereocenters. The van der Waals surface area contributed by atoms with Crippen molar-refractivity contribution in [2.45, 2.75) is 19.0 Å². The van der Waals surface area contributed by atoms with Crippen molar-refractivity contribution in [2.75, 3.05) is 11.9 Å². The summed E-state index contributed by atoms with van der Waals surface area (Å²) in [7, 11) is 0. The molecule has 2 heterocycles. The Morgan fingerprint density at radius 2 is 1.78 bits per heavy atom. The van der Waals surface area contributed by atoms with Crippen LogP contribution in [0.4, 0.5) is 18.9 Å². The number of amides is 2. The van der Waals surface area contributed by atoms with Crippen molar-refractivity contribution in [3.8, 4) is 11.4 Å². The molecule has 0 bridgehead atoms. The van der Waals surface area contributed by atoms with Gasteiger partial charge in [0.05, 0.1) is 11.3 Å². The van der Waals surface area contributed by atoms with Gasteiger partial charge in [-0.3, -0.25) is 9.59 Å². The molecule has 0 saturated heterocycles. The van der Waals surface area contributed by atoms with E-state index in [0.717, 1.165) is 22.7 Å². The van der Waals surface area contributed by atoms with Crippen molar-refractivity contribution < 1.29 is 27.3 Å². The molecule has 0 aliphatic carbocycles. The van der Waals surface area contributed by atoms with Gasteiger partial charge in [-0.05, 0) is 12.1 Å². The van der Waals surface area contributed by atoms with E-state index < -0.39 is 35.8 Å². The lowest BCUT2D eigenvalue weighted by atomic mass is 10.1. The summed E-state index contributed by atoms with van der Waals surface area (Å²) >= 11 is 0. The molecule has 3 aromatic rings. The largest absolute Gasteiger partial charge is 0.418 e. The van der Waals surface area contributed by atoms with Crippen molar-refractivity contribution in [2.24, 2.45) is 5.10 Å². The van der Waals surface area contributed by atoms with Crippen LogP contribution in [0.3, 0.4) is 0 Å². The number of nitrogens with zero attached hydrogens (tertiary/aromatic N) is 4. The molecule has 1 aromatic heterocycles. The molecule has 1 aliphatic heterocycles. The molecule has 32 heavy (non-hydrogen) atoms. The third-order valence-electron chi connectivity index (χ3n) is 4.61. The van der Waals surface area contributed by atoms with Crippen LogP contribution in [0.2, 0.25) is 0 Å². The quantitative estimate of drug-likeness (QED) is 0.648. The normalized spacial score (nSPS) is 14.3. The Hall–Kier alpha value is -4.02. The molecule has 2 aromatic carbocycles. The van der Waals surface area contributed by atoms with E-state index in [9.17, 15) is 22.8 Å². The fourth-order valence-corrected chi connectivity index (χ4v) is 3.09. The molecule has 0 unspecified atom stereocenters. The zero-order chi connectivity index (χ0) is 22.7. The Bertz CT molecular complexity index is 1170. The maximum atomic E-state index is 13.1. The number of carbonyl (C=O) groups excluding carboxylic acids is 2. The molecule has 4 rings (SSSR count). The lowest BCUT2D eigenvalue weighted by Gasteiger charge is -2.22. The van der Waals surface area contributed by atoms with Gasteiger partial charge in [-0.2, -0.15) is 23.3 Å². The van der Waals surface area contributed by atoms with Gasteiger partial charge < -0.3 is 9.84 Å². The van der Waals surface area contributed by atoms with Crippen LogP contribution < -0.4 is 5.32 Å². The second-order valence-electron chi connectivity index (χ2n) is 6.88. The number of para-hydroxylation sites is 1. The number of hydrogen-bond acceptors (Lipinski definition) is 6. The van der Waals surface area contributed by atoms with E-state index in [4.69, 9.17) is 4.52 Å². The third kappa shape index (κ3) is 4.66. The maximum Gasteiger partial charge on any atom is 0.418 e. The minimum Gasteiger partial charge on any atom is -0.332 e. The summed E-state index contributed by atoms with van der Waals surface area (Å²) in [5.74, 6) is -0.830. The van der Waals surface area contributed by atoms with Gasteiger partial charge in [0.2, 0.25) is 17.6 Å². The molecule has 2 amide bonds. The van der Waals surface area contributed by atoms with Crippen LogP contribution >= 0.6 is 0 Å². The first-order valence-corrected chi connectivity index (χ1v) is 9.54. The average Bonchev–Trinajstić information content (AvgIpc) is 3.26. The lowest BCUT2D eigenvalue weighted by Crippen LogP contribution is -2.38. The highest BCUT2D eigenvalue weighted by Crippen LogP contribution is 2.34. The van der Waals surface area contributed by atoms with Crippen molar-refractivity contribution in [3.63, 3.8) is 0 Å². The molecule has 0 radical (unpaired) electrons. The number of hydrogen-bond donors (Lipinski definition) is 1. The van der Waals surface area contributed by atoms with Crippen molar-refractivity contribution in [1.29, 1.82) is 0 Å². The van der Waals surface area contributed by atoms with Crippen LogP contribution in [0.25, 0.3) is 11.4 Å². The Balaban J connectivity index is 1.50. The van der Waals surface area contributed by atoms with E-state index in [0.29, 0.717) is 11.5 Å². The first kappa shape index (κ1) is 21.2. The summed E-state index contributed by atoms with van der Waals surface area (Å²) < 4.78 is 44.6. The van der Waals surface area contributed by atoms with E-state index in [2.05, 4.69) is 20.6 Å². The van der Waals surface area contributed by atoms with E-state index in [1.54, 1.807) is 12.1 Å². The van der Waals surface area contributed by atoms with Gasteiger partial charge in [-0.25, -0.2) is 5.01 Å². The average molecular weight is 443 g/mol. The minimum atomic E-state index is -4.63. The molecule has 1 aliphatic rings. The van der Waals surface area contributed by atoms with Gasteiger partial charge in [0.15, 0.2) is 0 Å². The molecule has 1 N–H and O–H groups in total. The number of nitrogens with one attached hydrogen (secondary N) is 1. The van der Waals surface area contributed by atoms with Crippen molar-refractivity contribution in [3.05, 3.63) is 66.1 Å². The predicted octanol–water partition coefficient (Wildman–Crippen LogP) is 3.72. The molecule has 8 nitrogen and oxygen atoms in total. The van der Waals surface area contributed by atoms with E-state index in [1.165, 1.54) is 12.1 Å². The second kappa shape index (κ2) is 8.61. The van der Waals surface area contributed by atoms with Gasteiger partial charge in [-0.1, -0.05) is 47.6 Å². The highest BCUT2D eigenvalue weighted by atomic mass is 19.4. The number of benzene rings is 2. The molecule has 0 fully saturated rings. The smallest absolute Gasteiger partial charge is 0.332 e. The number of carbonyl (C=O) groups is 2. The molecule has 0 saturated carbocycles. The summed E-state index contributed by atoms with van der Waals surface area (Å²) in [4.78, 5) is 28.8. The number of rotatable bonds is 5. The standard InChI is InChI=1S/C21H16F3N5O3/c22-21(23,24)14-8-4-5-9-15(14)25-17(30)12-29-18(31)11-10-16(27-29)20-26-19(28-32-20)13-6-2-1-3-7-13/h1-9H,10-12H2,(H,25,30). The fraction of sp³-hybridized carbons (Fsp3) is 0.190. The SMILES string of the molecule is O=C(CN1N=C(c2nc(-c3ccccc3)no2)CCC1=O)Nc1ccccc1C(F)(F)F. The minimum absolute atomic E-state index is 0.0360. The number of hydrazone groups is 1. The van der Waals surface area contributed by atoms with Gasteiger partial charge in [-0.15, -0.1) is 0 Å². The van der Waals surface area contributed by atoms with Crippen LogP contribution in [-0.2, 0) is 15.8 Å². The Labute approximate surface area is 179 Å². The van der Waals surface area contributed by atoms with Crippen LogP contribution in [0.15, 0.2) is 64.2 Å². The zero-order valence-corrected chi connectivity index (χ0v) is 16.5. The van der Waals surface area contributed by atoms with Gasteiger partial charge in [0.25, 0.3) is 5.89 Å². The summed E-state index contributed by atoms with van der Waals surface area (Å²) in [6, 6.07) is 13.7. The molecule has 11 heteroatoms. The van der Waals surface area contributed by atoms with Crippen LogP contribution in [0, 0.1) is 0 Å². The molecule has 164 valence electrons. The van der Waals surface area contributed by atoms with Gasteiger partial charge >= 0.3 is 6.18 Å². The van der Waals surface area contributed by atoms with E-state index in [1.807, 2.05) is 18.2 Å². The summed E-state index contributed by atoms with van der Waals surface area (Å²) in [6.07, 6.45) is -4.37. The number of halogens is 3. The summed E-state index contributed by atoms with van der Waals surface area (Å²) in [5, 5.41) is 11.1. The first-order chi connectivity index (χ1) is 15.3. The predicted molar refractivity (Wildman–Crippen MR) is 107 cm³/mol. The van der Waals surface area contributed by atoms with Crippen molar-refractivity contribution >= 4 is 23.2 Å². The van der Waals surface area contributed by atoms with E-state index in [-0.39, 0.29) is 18.7 Å². The van der Waals surface area contributed by atoms with Crippen LogP contribution in [-0.4, -0.2) is 39.2 Å². The maximum absolute atomic E-state index is 13.1. The Morgan fingerprint density at radius 3 is 2.53 bits per heavy atom. The number of aromatic nitrogens is 2. The lowest BCUT2D eigenvalue weighted by molar-refractivity contribution is -0.137. The summed E-state index contributed by atoms with van der Waals surface area (Å²) in [6.45, 7) is -0.561. The highest BCUT2D eigenvalue weighted by Gasteiger charge is 2.34. The Morgan fingerprint density at radius 1 is 1.06 bits per heavy atom. The molecular weight excluding hydrogens is 427 g/mol. The van der Waals surface area contributed by atoms with Crippen LogP contribution in [0.5, 0.6) is 0 Å². The topological polar surface area (TPSA) is 101 Å². The number of alkyl halides is 3. The first-order valence-electron chi connectivity index (χ1n) is 9.54. The second-order valence-corrected chi connectivity index (χ2v) is 6.88. The fourth-order valence-electron chi connectivity index (χ4n) is 3.09. The highest BCUT2D eigenvalue weighted by molar-refractivity contribution is 6.02. The summed E-state index contributed by atoms with van der Waals surface area (Å²) in [5.41, 5.74) is -0.345. The molecular formula is C21H16F3N5O3. The Kier molecular flexibility index (Phi) is 5.71. The third-order valence-corrected chi connectivity index (χ3v) is 4.61. The van der Waals surface area contributed by atoms with E-state index >= 15 is 0 Å². The van der Waals surface area contributed by atoms with Gasteiger partial charge in [0, 0.05) is 18.4 Å². The van der Waals surface area contributed by atoms with Crippen molar-refractivity contribution in [1.82, 2.24) is 15.1 Å². The zero-order valence-electron chi connectivity index (χ0n) is 16.5.